The van der Waals surface area contributed by atoms with Crippen molar-refractivity contribution in [3.63, 3.8) is 0 Å². The van der Waals surface area contributed by atoms with Gasteiger partial charge in [-0.25, -0.2) is 4.98 Å². The predicted molar refractivity (Wildman–Crippen MR) is 89.9 cm³/mol. The molecule has 1 amide bonds. The fourth-order valence-electron chi connectivity index (χ4n) is 1.98. The van der Waals surface area contributed by atoms with Gasteiger partial charge in [-0.1, -0.05) is 17.8 Å². The second-order valence-electron chi connectivity index (χ2n) is 4.93. The van der Waals surface area contributed by atoms with E-state index in [0.29, 0.717) is 17.1 Å². The van der Waals surface area contributed by atoms with Crippen molar-refractivity contribution < 1.29 is 4.79 Å². The van der Waals surface area contributed by atoms with Gasteiger partial charge >= 0.3 is 0 Å². The largest absolute Gasteiger partial charge is 0.350 e. The van der Waals surface area contributed by atoms with Crippen LogP contribution in [0.4, 0.5) is 0 Å². The monoisotopic (exact) mass is 331 g/mol. The number of rotatable bonds is 5. The number of pyridine rings is 1. The molecule has 0 aliphatic carbocycles. The molecule has 0 saturated heterocycles. The number of nitriles is 1. The average molecular weight is 331 g/mol. The van der Waals surface area contributed by atoms with E-state index >= 15 is 0 Å². The summed E-state index contributed by atoms with van der Waals surface area (Å²) in [4.78, 5) is 17.7. The van der Waals surface area contributed by atoms with Crippen LogP contribution in [0.2, 0.25) is 0 Å². The molecule has 0 bridgehead atoms. The summed E-state index contributed by atoms with van der Waals surface area (Å²) in [7, 11) is 0. The molecule has 1 N–H and O–H groups in total. The molecular weight excluding hydrogens is 314 g/mol. The van der Waals surface area contributed by atoms with Crippen LogP contribution in [0.3, 0.4) is 0 Å². The molecule has 2 rings (SSSR count). The van der Waals surface area contributed by atoms with Crippen LogP contribution < -0.4 is 5.32 Å². The van der Waals surface area contributed by atoms with Gasteiger partial charge in [-0.3, -0.25) is 4.79 Å². The lowest BCUT2D eigenvalue weighted by molar-refractivity contribution is -0.120. The molecule has 0 aliphatic rings. The first-order chi connectivity index (χ1) is 10.5. The third-order valence-electron chi connectivity index (χ3n) is 3.10. The number of carbonyl (C=O) groups excluding carboxylic acids is 1. The number of aryl methyl sites for hydroxylation is 2. The molecule has 22 heavy (non-hydrogen) atoms. The van der Waals surface area contributed by atoms with E-state index in [1.807, 2.05) is 44.4 Å². The number of amides is 1. The molecule has 0 aromatic carbocycles. The number of hydrogen-bond donors (Lipinski definition) is 1. The number of nitrogens with one attached hydrogen (secondary N) is 1. The SMILES string of the molecule is Cc1cc(C)c(C#N)c(SC(C)C(=O)NCc2cccs2)n1. The second-order valence-corrected chi connectivity index (χ2v) is 7.29. The van der Waals surface area contributed by atoms with E-state index in [1.165, 1.54) is 11.8 Å². The molecule has 2 heterocycles. The standard InChI is InChI=1S/C16H17N3OS2/c1-10-7-11(2)19-16(14(10)8-17)22-12(3)15(20)18-9-13-5-4-6-21-13/h4-7,12H,9H2,1-3H3,(H,18,20). The fourth-order valence-corrected chi connectivity index (χ4v) is 3.67. The lowest BCUT2D eigenvalue weighted by Crippen LogP contribution is -2.30. The highest BCUT2D eigenvalue weighted by Gasteiger charge is 2.18. The van der Waals surface area contributed by atoms with Gasteiger partial charge in [0.15, 0.2) is 0 Å². The zero-order chi connectivity index (χ0) is 16.1. The van der Waals surface area contributed by atoms with Crippen LogP contribution >= 0.6 is 23.1 Å². The molecule has 6 heteroatoms. The Balaban J connectivity index is 2.04. The third-order valence-corrected chi connectivity index (χ3v) is 5.06. The van der Waals surface area contributed by atoms with Crippen LogP contribution in [-0.4, -0.2) is 16.1 Å². The smallest absolute Gasteiger partial charge is 0.233 e. The zero-order valence-electron chi connectivity index (χ0n) is 12.7. The van der Waals surface area contributed by atoms with Gasteiger partial charge in [-0.2, -0.15) is 5.26 Å². The van der Waals surface area contributed by atoms with Crippen LogP contribution in [0.5, 0.6) is 0 Å². The van der Waals surface area contributed by atoms with Gasteiger partial charge in [0.05, 0.1) is 17.4 Å². The molecule has 2 aromatic heterocycles. The van der Waals surface area contributed by atoms with Gasteiger partial charge in [0, 0.05) is 10.6 Å². The van der Waals surface area contributed by atoms with Crippen LogP contribution in [0.1, 0.15) is 28.6 Å². The van der Waals surface area contributed by atoms with E-state index in [-0.39, 0.29) is 11.2 Å². The number of nitrogens with zero attached hydrogens (tertiary/aromatic N) is 2. The summed E-state index contributed by atoms with van der Waals surface area (Å²) >= 11 is 2.94. The zero-order valence-corrected chi connectivity index (χ0v) is 14.3. The van der Waals surface area contributed by atoms with E-state index in [9.17, 15) is 10.1 Å². The van der Waals surface area contributed by atoms with Crippen LogP contribution in [0.25, 0.3) is 0 Å². The Morgan fingerprint density at radius 2 is 2.32 bits per heavy atom. The summed E-state index contributed by atoms with van der Waals surface area (Å²) in [6.45, 7) is 6.14. The summed E-state index contributed by atoms with van der Waals surface area (Å²) in [5.74, 6) is -0.0525. The lowest BCUT2D eigenvalue weighted by Gasteiger charge is -2.13. The molecule has 0 fully saturated rings. The molecule has 0 aliphatic heterocycles. The summed E-state index contributed by atoms with van der Waals surface area (Å²) < 4.78 is 0. The first kappa shape index (κ1) is 16.5. The van der Waals surface area contributed by atoms with Gasteiger partial charge in [0.1, 0.15) is 11.1 Å². The Bertz CT molecular complexity index is 705. The molecule has 114 valence electrons. The van der Waals surface area contributed by atoms with Crippen LogP contribution in [0.15, 0.2) is 28.6 Å². The fraction of sp³-hybridized carbons (Fsp3) is 0.312. The molecule has 1 unspecified atom stereocenters. The summed E-state index contributed by atoms with van der Waals surface area (Å²) in [6.07, 6.45) is 0. The summed E-state index contributed by atoms with van der Waals surface area (Å²) in [5.41, 5.74) is 2.29. The highest BCUT2D eigenvalue weighted by atomic mass is 32.2. The summed E-state index contributed by atoms with van der Waals surface area (Å²) in [5, 5.41) is 14.5. The van der Waals surface area contributed by atoms with Crippen molar-refractivity contribution in [2.75, 3.05) is 0 Å². The Labute approximate surface area is 138 Å². The molecule has 4 nitrogen and oxygen atoms in total. The quantitative estimate of drug-likeness (QED) is 0.853. The first-order valence-electron chi connectivity index (χ1n) is 6.86. The lowest BCUT2D eigenvalue weighted by atomic mass is 10.1. The van der Waals surface area contributed by atoms with Crippen molar-refractivity contribution >= 4 is 29.0 Å². The predicted octanol–water partition coefficient (Wildman–Crippen LogP) is 3.43. The number of thioether (sulfide) groups is 1. The van der Waals surface area contributed by atoms with E-state index in [2.05, 4.69) is 16.4 Å². The molecule has 0 radical (unpaired) electrons. The van der Waals surface area contributed by atoms with Crippen molar-refractivity contribution in [1.82, 2.24) is 10.3 Å². The Morgan fingerprint density at radius 3 is 2.95 bits per heavy atom. The number of hydrogen-bond acceptors (Lipinski definition) is 5. The minimum Gasteiger partial charge on any atom is -0.350 e. The molecule has 0 spiro atoms. The molecule has 0 saturated carbocycles. The van der Waals surface area contributed by atoms with Gasteiger partial charge in [0.25, 0.3) is 0 Å². The van der Waals surface area contributed by atoms with E-state index in [0.717, 1.165) is 16.1 Å². The van der Waals surface area contributed by atoms with E-state index in [1.54, 1.807) is 11.3 Å². The summed E-state index contributed by atoms with van der Waals surface area (Å²) in [6, 6.07) is 8.00. The maximum Gasteiger partial charge on any atom is 0.233 e. The van der Waals surface area contributed by atoms with Crippen molar-refractivity contribution in [1.29, 1.82) is 5.26 Å². The van der Waals surface area contributed by atoms with Crippen molar-refractivity contribution in [3.8, 4) is 6.07 Å². The second kappa shape index (κ2) is 7.43. The maximum absolute atomic E-state index is 12.2. The first-order valence-corrected chi connectivity index (χ1v) is 8.62. The van der Waals surface area contributed by atoms with Crippen molar-refractivity contribution in [2.24, 2.45) is 0 Å². The maximum atomic E-state index is 12.2. The van der Waals surface area contributed by atoms with E-state index in [4.69, 9.17) is 0 Å². The Morgan fingerprint density at radius 1 is 1.55 bits per heavy atom. The minimum atomic E-state index is -0.305. The highest BCUT2D eigenvalue weighted by molar-refractivity contribution is 8.00. The van der Waals surface area contributed by atoms with Gasteiger partial charge in [-0.05, 0) is 43.8 Å². The van der Waals surface area contributed by atoms with Crippen molar-refractivity contribution in [3.05, 3.63) is 45.3 Å². The van der Waals surface area contributed by atoms with Crippen molar-refractivity contribution in [2.45, 2.75) is 37.6 Å². The third kappa shape index (κ3) is 4.09. The number of carbonyl (C=O) groups is 1. The molecule has 1 atom stereocenters. The number of aromatic nitrogens is 1. The normalized spacial score (nSPS) is 11.7. The van der Waals surface area contributed by atoms with Crippen LogP contribution in [-0.2, 0) is 11.3 Å². The topological polar surface area (TPSA) is 65.8 Å². The Hall–Kier alpha value is -1.84. The Kier molecular flexibility index (Phi) is 5.58. The number of thiophene rings is 1. The highest BCUT2D eigenvalue weighted by Crippen LogP contribution is 2.27. The average Bonchev–Trinajstić information content (AvgIpc) is 2.97. The van der Waals surface area contributed by atoms with Gasteiger partial charge in [0.2, 0.25) is 5.91 Å². The molecule has 2 aromatic rings. The minimum absolute atomic E-state index is 0.0525. The van der Waals surface area contributed by atoms with Crippen LogP contribution in [0, 0.1) is 25.2 Å². The van der Waals surface area contributed by atoms with E-state index < -0.39 is 0 Å². The van der Waals surface area contributed by atoms with Gasteiger partial charge < -0.3 is 5.32 Å². The van der Waals surface area contributed by atoms with Gasteiger partial charge in [-0.15, -0.1) is 11.3 Å². The molecular formula is C16H17N3OS2.